The monoisotopic (exact) mass is 218 g/mol. The predicted molar refractivity (Wildman–Crippen MR) is 50.9 cm³/mol. The van der Waals surface area contributed by atoms with E-state index in [-0.39, 0.29) is 5.03 Å². The molecule has 0 aliphatic heterocycles. The quantitative estimate of drug-likeness (QED) is 0.768. The fourth-order valence-electron chi connectivity index (χ4n) is 0.911. The number of primary sulfonamides is 1. The molecule has 0 spiro atoms. The third kappa shape index (κ3) is 3.08. The summed E-state index contributed by atoms with van der Waals surface area (Å²) in [6.45, 7) is 4.81. The second kappa shape index (κ2) is 4.05. The molecule has 1 aromatic rings. The van der Waals surface area contributed by atoms with Crippen LogP contribution in [0.25, 0.3) is 0 Å². The number of aromatic nitrogens is 3. The Kier molecular flexibility index (Phi) is 3.22. The number of nitrogens with two attached hydrogens (primary N) is 1. The van der Waals surface area contributed by atoms with Crippen LogP contribution < -0.4 is 5.14 Å². The molecule has 0 aliphatic rings. The van der Waals surface area contributed by atoms with Gasteiger partial charge < -0.3 is 0 Å². The van der Waals surface area contributed by atoms with Crippen LogP contribution in [-0.4, -0.2) is 23.4 Å². The van der Waals surface area contributed by atoms with Crippen LogP contribution in [0.15, 0.2) is 11.2 Å². The van der Waals surface area contributed by atoms with Gasteiger partial charge in [-0.15, -0.1) is 5.10 Å². The van der Waals surface area contributed by atoms with Gasteiger partial charge in [0.25, 0.3) is 10.0 Å². The van der Waals surface area contributed by atoms with Crippen molar-refractivity contribution in [2.45, 2.75) is 31.8 Å². The molecule has 0 aliphatic carbocycles. The van der Waals surface area contributed by atoms with Gasteiger partial charge in [0.15, 0.2) is 0 Å². The summed E-state index contributed by atoms with van der Waals surface area (Å²) in [7, 11) is -3.71. The van der Waals surface area contributed by atoms with Crippen LogP contribution in [0.5, 0.6) is 0 Å². The Morgan fingerprint density at radius 2 is 2.21 bits per heavy atom. The van der Waals surface area contributed by atoms with E-state index in [0.29, 0.717) is 12.5 Å². The smallest absolute Gasteiger partial charge is 0.251 e. The Bertz CT molecular complexity index is 396. The van der Waals surface area contributed by atoms with E-state index in [9.17, 15) is 8.42 Å². The summed E-state index contributed by atoms with van der Waals surface area (Å²) >= 11 is 0. The Balaban J connectivity index is 2.70. The molecule has 1 heterocycles. The van der Waals surface area contributed by atoms with E-state index in [4.69, 9.17) is 5.14 Å². The van der Waals surface area contributed by atoms with Gasteiger partial charge in [-0.25, -0.2) is 13.6 Å². The van der Waals surface area contributed by atoms with Crippen LogP contribution in [-0.2, 0) is 16.6 Å². The van der Waals surface area contributed by atoms with Crippen LogP contribution in [0.3, 0.4) is 0 Å². The standard InChI is InChI=1S/C7H14N4O2S/c1-6(2)3-4-11-5-7(9-10-11)14(8,12)13/h5-6H,3-4H2,1-2H3,(H2,8,12,13). The van der Waals surface area contributed by atoms with Crippen molar-refractivity contribution < 1.29 is 8.42 Å². The van der Waals surface area contributed by atoms with Gasteiger partial charge in [0.2, 0.25) is 5.03 Å². The fourth-order valence-corrected chi connectivity index (χ4v) is 1.33. The van der Waals surface area contributed by atoms with Crippen LogP contribution in [0, 0.1) is 5.92 Å². The third-order valence-corrected chi connectivity index (χ3v) is 2.51. The first-order chi connectivity index (χ1) is 6.39. The molecule has 6 nitrogen and oxygen atoms in total. The van der Waals surface area contributed by atoms with E-state index in [1.165, 1.54) is 10.9 Å². The summed E-state index contributed by atoms with van der Waals surface area (Å²) in [5.74, 6) is 0.539. The molecule has 0 bridgehead atoms. The summed E-state index contributed by atoms with van der Waals surface area (Å²) in [6.07, 6.45) is 2.27. The highest BCUT2D eigenvalue weighted by atomic mass is 32.2. The second-order valence-electron chi connectivity index (χ2n) is 3.55. The molecule has 7 heteroatoms. The van der Waals surface area contributed by atoms with Crippen LogP contribution in [0.1, 0.15) is 20.3 Å². The lowest BCUT2D eigenvalue weighted by Gasteiger charge is -2.02. The van der Waals surface area contributed by atoms with Crippen molar-refractivity contribution >= 4 is 10.0 Å². The zero-order chi connectivity index (χ0) is 10.8. The number of hydrogen-bond donors (Lipinski definition) is 1. The highest BCUT2D eigenvalue weighted by Gasteiger charge is 2.12. The maximum absolute atomic E-state index is 10.8. The Morgan fingerprint density at radius 3 is 2.64 bits per heavy atom. The molecule has 1 aromatic heterocycles. The number of hydrogen-bond acceptors (Lipinski definition) is 4. The summed E-state index contributed by atoms with van der Waals surface area (Å²) in [5.41, 5.74) is 0. The third-order valence-electron chi connectivity index (χ3n) is 1.74. The van der Waals surface area contributed by atoms with Gasteiger partial charge in [-0.05, 0) is 12.3 Å². The van der Waals surface area contributed by atoms with Crippen molar-refractivity contribution in [1.29, 1.82) is 0 Å². The minimum atomic E-state index is -3.71. The predicted octanol–water partition coefficient (Wildman–Crippen LogP) is -0.0284. The summed E-state index contributed by atoms with van der Waals surface area (Å²) in [4.78, 5) is 0. The summed E-state index contributed by atoms with van der Waals surface area (Å²) < 4.78 is 23.2. The Hall–Kier alpha value is -0.950. The van der Waals surface area contributed by atoms with Crippen LogP contribution in [0.2, 0.25) is 0 Å². The van der Waals surface area contributed by atoms with Crippen molar-refractivity contribution in [1.82, 2.24) is 15.0 Å². The van der Waals surface area contributed by atoms with Crippen molar-refractivity contribution in [3.05, 3.63) is 6.20 Å². The molecule has 2 N–H and O–H groups in total. The van der Waals surface area contributed by atoms with Gasteiger partial charge >= 0.3 is 0 Å². The maximum Gasteiger partial charge on any atom is 0.259 e. The Labute approximate surface area is 83.2 Å². The molecule has 0 saturated heterocycles. The van der Waals surface area contributed by atoms with Gasteiger partial charge in [-0.2, -0.15) is 0 Å². The first-order valence-corrected chi connectivity index (χ1v) is 5.87. The fraction of sp³-hybridized carbons (Fsp3) is 0.714. The van der Waals surface area contributed by atoms with Crippen LogP contribution >= 0.6 is 0 Å². The summed E-state index contributed by atoms with van der Waals surface area (Å²) in [5, 5.41) is 11.8. The highest BCUT2D eigenvalue weighted by Crippen LogP contribution is 2.04. The highest BCUT2D eigenvalue weighted by molar-refractivity contribution is 7.89. The molecule has 0 aromatic carbocycles. The molecule has 0 fully saturated rings. The van der Waals surface area contributed by atoms with Crippen molar-refractivity contribution in [3.63, 3.8) is 0 Å². The number of aryl methyl sites for hydroxylation is 1. The second-order valence-corrected chi connectivity index (χ2v) is 5.06. The first kappa shape index (κ1) is 11.1. The normalized spacial score (nSPS) is 12.3. The zero-order valence-corrected chi connectivity index (χ0v) is 9.03. The van der Waals surface area contributed by atoms with Crippen LogP contribution in [0.4, 0.5) is 0 Å². The topological polar surface area (TPSA) is 90.9 Å². The van der Waals surface area contributed by atoms with Crippen molar-refractivity contribution in [2.75, 3.05) is 0 Å². The molecule has 0 unspecified atom stereocenters. The SMILES string of the molecule is CC(C)CCn1cc(S(N)(=O)=O)nn1. The molecule has 14 heavy (non-hydrogen) atoms. The molecular weight excluding hydrogens is 204 g/mol. The number of rotatable bonds is 4. The number of nitrogens with zero attached hydrogens (tertiary/aromatic N) is 3. The average molecular weight is 218 g/mol. The lowest BCUT2D eigenvalue weighted by Crippen LogP contribution is -2.12. The number of sulfonamides is 1. The van der Waals surface area contributed by atoms with Gasteiger partial charge in [0.1, 0.15) is 0 Å². The molecule has 0 atom stereocenters. The lowest BCUT2D eigenvalue weighted by atomic mass is 10.1. The van der Waals surface area contributed by atoms with E-state index in [1.54, 1.807) is 0 Å². The van der Waals surface area contributed by atoms with Gasteiger partial charge in [0, 0.05) is 6.54 Å². The Morgan fingerprint density at radius 1 is 1.57 bits per heavy atom. The van der Waals surface area contributed by atoms with Crippen molar-refractivity contribution in [2.24, 2.45) is 11.1 Å². The lowest BCUT2D eigenvalue weighted by molar-refractivity contribution is 0.478. The molecule has 0 saturated carbocycles. The van der Waals surface area contributed by atoms with E-state index in [1.807, 2.05) is 0 Å². The van der Waals surface area contributed by atoms with Gasteiger partial charge in [0.05, 0.1) is 6.20 Å². The first-order valence-electron chi connectivity index (χ1n) is 4.32. The molecule has 0 radical (unpaired) electrons. The van der Waals surface area contributed by atoms with E-state index in [0.717, 1.165) is 6.42 Å². The molecule has 1 rings (SSSR count). The van der Waals surface area contributed by atoms with Crippen molar-refractivity contribution in [3.8, 4) is 0 Å². The zero-order valence-electron chi connectivity index (χ0n) is 8.21. The van der Waals surface area contributed by atoms with Gasteiger partial charge in [-0.3, -0.25) is 4.68 Å². The van der Waals surface area contributed by atoms with E-state index >= 15 is 0 Å². The molecular formula is C7H14N4O2S. The largest absolute Gasteiger partial charge is 0.259 e. The van der Waals surface area contributed by atoms with Gasteiger partial charge in [-0.1, -0.05) is 19.1 Å². The molecule has 80 valence electrons. The minimum absolute atomic E-state index is 0.179. The van der Waals surface area contributed by atoms with E-state index in [2.05, 4.69) is 24.2 Å². The van der Waals surface area contributed by atoms with E-state index < -0.39 is 10.0 Å². The minimum Gasteiger partial charge on any atom is -0.251 e. The average Bonchev–Trinajstić information content (AvgIpc) is 2.47. The summed E-state index contributed by atoms with van der Waals surface area (Å²) in [6, 6.07) is 0. The molecule has 0 amide bonds. The maximum atomic E-state index is 10.8.